The smallest absolute Gasteiger partial charge is 0.253 e. The van der Waals surface area contributed by atoms with Crippen LogP contribution in [0.4, 0.5) is 0 Å². The predicted octanol–water partition coefficient (Wildman–Crippen LogP) is 2.74. The van der Waals surface area contributed by atoms with Gasteiger partial charge in [0.05, 0.1) is 17.1 Å². The van der Waals surface area contributed by atoms with Gasteiger partial charge in [-0.25, -0.2) is 8.42 Å². The van der Waals surface area contributed by atoms with E-state index in [1.807, 2.05) is 18.7 Å². The van der Waals surface area contributed by atoms with E-state index < -0.39 is 10.0 Å². The van der Waals surface area contributed by atoms with Crippen LogP contribution in [0.2, 0.25) is 0 Å². The summed E-state index contributed by atoms with van der Waals surface area (Å²) in [5.74, 6) is 0.126. The summed E-state index contributed by atoms with van der Waals surface area (Å²) < 4.78 is 33.2. The van der Waals surface area contributed by atoms with Crippen molar-refractivity contribution in [3.63, 3.8) is 0 Å². The van der Waals surface area contributed by atoms with Crippen molar-refractivity contribution in [1.29, 1.82) is 0 Å². The lowest BCUT2D eigenvalue weighted by molar-refractivity contribution is -0.136. The van der Waals surface area contributed by atoms with Crippen molar-refractivity contribution in [1.82, 2.24) is 14.1 Å². The number of hydrogen-bond donors (Lipinski definition) is 0. The van der Waals surface area contributed by atoms with Gasteiger partial charge >= 0.3 is 0 Å². The van der Waals surface area contributed by atoms with E-state index in [0.717, 1.165) is 25.9 Å². The molecule has 2 amide bonds. The molecule has 0 aromatic heterocycles. The Kier molecular flexibility index (Phi) is 7.94. The summed E-state index contributed by atoms with van der Waals surface area (Å²) in [7, 11) is -3.64. The number of ether oxygens (including phenoxy) is 1. The Labute approximate surface area is 203 Å². The maximum absolute atomic E-state index is 13.1. The average Bonchev–Trinajstić information content (AvgIpc) is 3.12. The van der Waals surface area contributed by atoms with Crippen LogP contribution in [0.1, 0.15) is 62.7 Å². The Morgan fingerprint density at radius 3 is 1.94 bits per heavy atom. The van der Waals surface area contributed by atoms with E-state index in [0.29, 0.717) is 44.6 Å². The molecule has 0 saturated carbocycles. The van der Waals surface area contributed by atoms with Gasteiger partial charge in [-0.15, -0.1) is 0 Å². The van der Waals surface area contributed by atoms with Gasteiger partial charge in [0.1, 0.15) is 0 Å². The number of sulfonamides is 1. The van der Waals surface area contributed by atoms with Gasteiger partial charge in [0.2, 0.25) is 15.9 Å². The van der Waals surface area contributed by atoms with Crippen molar-refractivity contribution in [3.8, 4) is 0 Å². The molecule has 2 atom stereocenters. The van der Waals surface area contributed by atoms with Gasteiger partial charge in [-0.2, -0.15) is 4.31 Å². The van der Waals surface area contributed by atoms with Crippen LogP contribution in [0, 0.1) is 5.92 Å². The lowest BCUT2D eigenvalue weighted by Crippen LogP contribution is -2.48. The van der Waals surface area contributed by atoms with Crippen LogP contribution in [0.5, 0.6) is 0 Å². The standard InChI is InChI=1S/C25H37N3O5S/c1-19-17-28(18-20(2)33-19)34(31,32)23-9-7-21(8-10-23)24(29)27-15-11-22(12-16-27)25(30)26-13-5-3-4-6-14-26/h7-10,19-20,22H,3-6,11-18H2,1-2H3/t19-,20+. The molecule has 3 aliphatic heterocycles. The normalized spacial score (nSPS) is 25.7. The molecule has 1 aromatic carbocycles. The molecule has 0 unspecified atom stereocenters. The van der Waals surface area contributed by atoms with Crippen LogP contribution in [0.15, 0.2) is 29.2 Å². The molecule has 3 fully saturated rings. The van der Waals surface area contributed by atoms with Gasteiger partial charge in [-0.3, -0.25) is 9.59 Å². The number of benzene rings is 1. The fourth-order valence-corrected chi connectivity index (χ4v) is 6.90. The molecule has 0 aliphatic carbocycles. The van der Waals surface area contributed by atoms with E-state index in [1.165, 1.54) is 29.3 Å². The van der Waals surface area contributed by atoms with E-state index in [-0.39, 0.29) is 34.8 Å². The quantitative estimate of drug-likeness (QED) is 0.646. The molecule has 8 nitrogen and oxygen atoms in total. The molecule has 0 bridgehead atoms. The van der Waals surface area contributed by atoms with Gasteiger partial charge in [-0.1, -0.05) is 12.8 Å². The number of likely N-dealkylation sites (tertiary alicyclic amines) is 2. The summed E-state index contributed by atoms with van der Waals surface area (Å²) in [5.41, 5.74) is 0.472. The van der Waals surface area contributed by atoms with Crippen LogP contribution in [-0.2, 0) is 19.6 Å². The van der Waals surface area contributed by atoms with Gasteiger partial charge in [0.15, 0.2) is 0 Å². The zero-order valence-electron chi connectivity index (χ0n) is 20.3. The monoisotopic (exact) mass is 491 g/mol. The molecule has 0 N–H and O–H groups in total. The van der Waals surface area contributed by atoms with Crippen LogP contribution in [0.25, 0.3) is 0 Å². The Morgan fingerprint density at radius 1 is 0.824 bits per heavy atom. The highest BCUT2D eigenvalue weighted by molar-refractivity contribution is 7.89. The number of rotatable bonds is 4. The van der Waals surface area contributed by atoms with Crippen molar-refractivity contribution >= 4 is 21.8 Å². The highest BCUT2D eigenvalue weighted by Gasteiger charge is 2.33. The number of carbonyl (C=O) groups is 2. The fraction of sp³-hybridized carbons (Fsp3) is 0.680. The third-order valence-electron chi connectivity index (χ3n) is 7.17. The molecule has 3 saturated heterocycles. The highest BCUT2D eigenvalue weighted by atomic mass is 32.2. The Morgan fingerprint density at radius 2 is 1.38 bits per heavy atom. The molecule has 1 aromatic rings. The van der Waals surface area contributed by atoms with E-state index >= 15 is 0 Å². The first-order valence-electron chi connectivity index (χ1n) is 12.6. The molecule has 0 radical (unpaired) electrons. The number of carbonyl (C=O) groups excluding carboxylic acids is 2. The molecule has 34 heavy (non-hydrogen) atoms. The average molecular weight is 492 g/mol. The topological polar surface area (TPSA) is 87.2 Å². The molecule has 3 heterocycles. The predicted molar refractivity (Wildman–Crippen MR) is 129 cm³/mol. The fourth-order valence-electron chi connectivity index (χ4n) is 5.31. The zero-order chi connectivity index (χ0) is 24.3. The number of morpholine rings is 1. The van der Waals surface area contributed by atoms with E-state index in [9.17, 15) is 18.0 Å². The first kappa shape index (κ1) is 25.1. The lowest BCUT2D eigenvalue weighted by Gasteiger charge is -2.34. The van der Waals surface area contributed by atoms with Crippen molar-refractivity contribution in [2.45, 2.75) is 69.5 Å². The SMILES string of the molecule is C[C@@H]1CN(S(=O)(=O)c2ccc(C(=O)N3CCC(C(=O)N4CCCCCC4)CC3)cc2)C[C@H](C)O1. The first-order valence-corrected chi connectivity index (χ1v) is 14.0. The summed E-state index contributed by atoms with van der Waals surface area (Å²) in [6.45, 7) is 7.18. The largest absolute Gasteiger partial charge is 0.373 e. The molecule has 188 valence electrons. The summed E-state index contributed by atoms with van der Waals surface area (Å²) in [4.78, 5) is 29.9. The van der Waals surface area contributed by atoms with Crippen LogP contribution < -0.4 is 0 Å². The number of piperidine rings is 1. The van der Waals surface area contributed by atoms with Crippen LogP contribution in [0.3, 0.4) is 0 Å². The lowest BCUT2D eigenvalue weighted by atomic mass is 9.94. The maximum Gasteiger partial charge on any atom is 0.253 e. The van der Waals surface area contributed by atoms with E-state index in [1.54, 1.807) is 17.0 Å². The number of nitrogens with zero attached hydrogens (tertiary/aromatic N) is 3. The Balaban J connectivity index is 1.34. The minimum absolute atomic E-state index is 0.00650. The summed E-state index contributed by atoms with van der Waals surface area (Å²) >= 11 is 0. The second kappa shape index (κ2) is 10.7. The minimum Gasteiger partial charge on any atom is -0.373 e. The highest BCUT2D eigenvalue weighted by Crippen LogP contribution is 2.25. The van der Waals surface area contributed by atoms with E-state index in [4.69, 9.17) is 4.74 Å². The summed E-state index contributed by atoms with van der Waals surface area (Å²) in [6, 6.07) is 6.22. The van der Waals surface area contributed by atoms with Crippen molar-refractivity contribution in [2.24, 2.45) is 5.92 Å². The van der Waals surface area contributed by atoms with Gasteiger partial charge in [0, 0.05) is 50.7 Å². The van der Waals surface area contributed by atoms with Crippen molar-refractivity contribution < 1.29 is 22.7 Å². The molecule has 3 aliphatic rings. The van der Waals surface area contributed by atoms with Gasteiger partial charge in [-0.05, 0) is 63.8 Å². The molecule has 9 heteroatoms. The van der Waals surface area contributed by atoms with E-state index in [2.05, 4.69) is 0 Å². The second-order valence-corrected chi connectivity index (χ2v) is 11.8. The van der Waals surface area contributed by atoms with Crippen molar-refractivity contribution in [2.75, 3.05) is 39.3 Å². The third-order valence-corrected chi connectivity index (χ3v) is 9.02. The zero-order valence-corrected chi connectivity index (χ0v) is 21.1. The second-order valence-electron chi connectivity index (χ2n) is 9.91. The van der Waals surface area contributed by atoms with Crippen LogP contribution >= 0.6 is 0 Å². The maximum atomic E-state index is 13.1. The third kappa shape index (κ3) is 5.63. The molecule has 4 rings (SSSR count). The molecular weight excluding hydrogens is 454 g/mol. The summed E-state index contributed by atoms with van der Waals surface area (Å²) in [5, 5.41) is 0. The summed E-state index contributed by atoms with van der Waals surface area (Å²) in [6.07, 6.45) is 5.60. The molecular formula is C25H37N3O5S. The van der Waals surface area contributed by atoms with Crippen molar-refractivity contribution in [3.05, 3.63) is 29.8 Å². The Hall–Kier alpha value is -1.97. The molecule has 0 spiro atoms. The van der Waals surface area contributed by atoms with Crippen LogP contribution in [-0.4, -0.2) is 85.8 Å². The minimum atomic E-state index is -3.64. The van der Waals surface area contributed by atoms with Gasteiger partial charge < -0.3 is 14.5 Å². The number of hydrogen-bond acceptors (Lipinski definition) is 5. The first-order chi connectivity index (χ1) is 16.3. The number of amides is 2. The van der Waals surface area contributed by atoms with Gasteiger partial charge in [0.25, 0.3) is 5.91 Å². The Bertz CT molecular complexity index is 955.